The molecule has 0 aliphatic carbocycles. The molecule has 0 saturated carbocycles. The maximum absolute atomic E-state index is 11.5. The zero-order valence-corrected chi connectivity index (χ0v) is 9.86. The molecule has 0 fully saturated rings. The molecule has 1 aromatic carbocycles. The first-order valence-electron chi connectivity index (χ1n) is 5.70. The van der Waals surface area contributed by atoms with Gasteiger partial charge in [0.25, 0.3) is 0 Å². The van der Waals surface area contributed by atoms with Crippen molar-refractivity contribution < 1.29 is 14.3 Å². The Bertz CT molecular complexity index is 334. The highest BCUT2D eigenvalue weighted by Gasteiger charge is 2.08. The van der Waals surface area contributed by atoms with E-state index in [0.29, 0.717) is 24.5 Å². The average Bonchev–Trinajstić information content (AvgIpc) is 2.29. The van der Waals surface area contributed by atoms with Crippen molar-refractivity contribution in [3.8, 4) is 11.5 Å². The largest absolute Gasteiger partial charge is 0.490 e. The van der Waals surface area contributed by atoms with E-state index in [2.05, 4.69) is 0 Å². The number of hydrogen-bond donors (Lipinski definition) is 0. The number of ether oxygens (including phenoxy) is 2. The fourth-order valence-electron chi connectivity index (χ4n) is 1.30. The minimum absolute atomic E-state index is 0.200. The van der Waals surface area contributed by atoms with E-state index >= 15 is 0 Å². The van der Waals surface area contributed by atoms with Crippen molar-refractivity contribution in [2.75, 3.05) is 6.61 Å². The van der Waals surface area contributed by atoms with E-state index in [1.807, 2.05) is 26.0 Å². The quantitative estimate of drug-likeness (QED) is 0.547. The maximum Gasteiger partial charge on any atom is 0.311 e. The topological polar surface area (TPSA) is 35.5 Å². The minimum Gasteiger partial charge on any atom is -0.490 e. The van der Waals surface area contributed by atoms with E-state index in [1.54, 1.807) is 12.1 Å². The van der Waals surface area contributed by atoms with Crippen LogP contribution in [-0.2, 0) is 4.79 Å². The summed E-state index contributed by atoms with van der Waals surface area (Å²) in [5.41, 5.74) is 0. The van der Waals surface area contributed by atoms with Crippen molar-refractivity contribution in [3.63, 3.8) is 0 Å². The summed E-state index contributed by atoms with van der Waals surface area (Å²) in [6, 6.07) is 7.22. The van der Waals surface area contributed by atoms with Crippen LogP contribution in [0.2, 0.25) is 0 Å². The molecule has 0 saturated heterocycles. The number of esters is 1. The number of carbonyl (C=O) groups excluding carboxylic acids is 1. The average molecular weight is 222 g/mol. The Morgan fingerprint density at radius 3 is 2.50 bits per heavy atom. The minimum atomic E-state index is -0.200. The summed E-state index contributed by atoms with van der Waals surface area (Å²) in [5.74, 6) is 0.925. The van der Waals surface area contributed by atoms with Gasteiger partial charge in [-0.25, -0.2) is 0 Å². The van der Waals surface area contributed by atoms with Crippen LogP contribution in [0.1, 0.15) is 33.1 Å². The van der Waals surface area contributed by atoms with Crippen LogP contribution in [0.15, 0.2) is 24.3 Å². The molecule has 88 valence electrons. The molecule has 0 amide bonds. The molecule has 0 spiro atoms. The van der Waals surface area contributed by atoms with Crippen LogP contribution >= 0.6 is 0 Å². The van der Waals surface area contributed by atoms with Gasteiger partial charge in [-0.2, -0.15) is 0 Å². The zero-order chi connectivity index (χ0) is 11.8. The Kier molecular flexibility index (Phi) is 5.40. The predicted molar refractivity (Wildman–Crippen MR) is 62.8 cm³/mol. The van der Waals surface area contributed by atoms with Gasteiger partial charge in [-0.3, -0.25) is 4.79 Å². The highest BCUT2D eigenvalue weighted by molar-refractivity contribution is 5.73. The van der Waals surface area contributed by atoms with Crippen LogP contribution in [0.4, 0.5) is 0 Å². The second-order valence-electron chi connectivity index (χ2n) is 3.46. The van der Waals surface area contributed by atoms with Gasteiger partial charge in [0.05, 0.1) is 6.61 Å². The number of hydrogen-bond acceptors (Lipinski definition) is 3. The molecule has 1 rings (SSSR count). The van der Waals surface area contributed by atoms with Gasteiger partial charge in [0.15, 0.2) is 11.5 Å². The molecule has 0 unspecified atom stereocenters. The predicted octanol–water partition coefficient (Wildman–Crippen LogP) is 3.18. The van der Waals surface area contributed by atoms with Gasteiger partial charge >= 0.3 is 5.97 Å². The smallest absolute Gasteiger partial charge is 0.311 e. The van der Waals surface area contributed by atoms with Crippen molar-refractivity contribution in [1.29, 1.82) is 0 Å². The van der Waals surface area contributed by atoms with Crippen LogP contribution in [0.3, 0.4) is 0 Å². The van der Waals surface area contributed by atoms with E-state index in [4.69, 9.17) is 9.47 Å². The first kappa shape index (κ1) is 12.6. The van der Waals surface area contributed by atoms with Gasteiger partial charge < -0.3 is 9.47 Å². The first-order chi connectivity index (χ1) is 7.77. The van der Waals surface area contributed by atoms with E-state index < -0.39 is 0 Å². The lowest BCUT2D eigenvalue weighted by atomic mass is 10.2. The molecule has 0 heterocycles. The normalized spacial score (nSPS) is 9.88. The maximum atomic E-state index is 11.5. The molecule has 3 nitrogen and oxygen atoms in total. The van der Waals surface area contributed by atoms with Gasteiger partial charge in [0.1, 0.15) is 0 Å². The van der Waals surface area contributed by atoms with Crippen LogP contribution in [0.5, 0.6) is 11.5 Å². The molecule has 0 N–H and O–H groups in total. The number of rotatable bonds is 6. The molecule has 3 heteroatoms. The Morgan fingerprint density at radius 1 is 1.19 bits per heavy atom. The first-order valence-corrected chi connectivity index (χ1v) is 5.70. The van der Waals surface area contributed by atoms with E-state index in [0.717, 1.165) is 12.8 Å². The van der Waals surface area contributed by atoms with E-state index in [1.165, 1.54) is 0 Å². The molecular weight excluding hydrogens is 204 g/mol. The third kappa shape index (κ3) is 3.93. The fourth-order valence-corrected chi connectivity index (χ4v) is 1.30. The number of unbranched alkanes of at least 4 members (excludes halogenated alkanes) is 1. The molecule has 0 aliphatic heterocycles. The lowest BCUT2D eigenvalue weighted by molar-refractivity contribution is -0.134. The molecule has 1 aromatic rings. The van der Waals surface area contributed by atoms with Gasteiger partial charge in [-0.15, -0.1) is 0 Å². The summed E-state index contributed by atoms with van der Waals surface area (Å²) >= 11 is 0. The van der Waals surface area contributed by atoms with Crippen LogP contribution in [-0.4, -0.2) is 12.6 Å². The fraction of sp³-hybridized carbons (Fsp3) is 0.462. The van der Waals surface area contributed by atoms with Gasteiger partial charge in [0.2, 0.25) is 0 Å². The third-order valence-corrected chi connectivity index (χ3v) is 2.11. The van der Waals surface area contributed by atoms with Crippen molar-refractivity contribution in [3.05, 3.63) is 24.3 Å². The summed E-state index contributed by atoms with van der Waals surface area (Å²) in [7, 11) is 0. The van der Waals surface area contributed by atoms with E-state index in [-0.39, 0.29) is 5.97 Å². The standard InChI is InChI=1S/C13H18O3/c1-3-5-10-13(14)16-12-9-7-6-8-11(12)15-4-2/h6-9H,3-5,10H2,1-2H3. The summed E-state index contributed by atoms with van der Waals surface area (Å²) in [6.07, 6.45) is 2.30. The Labute approximate surface area is 96.4 Å². The molecule has 16 heavy (non-hydrogen) atoms. The number of para-hydroxylation sites is 2. The van der Waals surface area contributed by atoms with Crippen molar-refractivity contribution in [1.82, 2.24) is 0 Å². The highest BCUT2D eigenvalue weighted by atomic mass is 16.6. The zero-order valence-electron chi connectivity index (χ0n) is 9.86. The van der Waals surface area contributed by atoms with Crippen LogP contribution in [0.25, 0.3) is 0 Å². The van der Waals surface area contributed by atoms with Crippen LogP contribution in [0, 0.1) is 0 Å². The van der Waals surface area contributed by atoms with Gasteiger partial charge in [-0.1, -0.05) is 25.5 Å². The molecule has 0 atom stereocenters. The summed E-state index contributed by atoms with van der Waals surface area (Å²) in [5, 5.41) is 0. The van der Waals surface area contributed by atoms with Gasteiger partial charge in [-0.05, 0) is 25.5 Å². The van der Waals surface area contributed by atoms with Crippen molar-refractivity contribution in [2.45, 2.75) is 33.1 Å². The van der Waals surface area contributed by atoms with E-state index in [9.17, 15) is 4.79 Å². The monoisotopic (exact) mass is 222 g/mol. The van der Waals surface area contributed by atoms with Crippen LogP contribution < -0.4 is 9.47 Å². The Balaban J connectivity index is 2.61. The highest BCUT2D eigenvalue weighted by Crippen LogP contribution is 2.26. The lowest BCUT2D eigenvalue weighted by Gasteiger charge is -2.09. The van der Waals surface area contributed by atoms with Crippen molar-refractivity contribution in [2.24, 2.45) is 0 Å². The molecule has 0 aliphatic rings. The summed E-state index contributed by atoms with van der Waals surface area (Å²) < 4.78 is 10.6. The number of carbonyl (C=O) groups is 1. The van der Waals surface area contributed by atoms with Gasteiger partial charge in [0, 0.05) is 6.42 Å². The SMILES string of the molecule is CCCCC(=O)Oc1ccccc1OCC. The second kappa shape index (κ2) is 6.88. The molecule has 0 bridgehead atoms. The second-order valence-corrected chi connectivity index (χ2v) is 3.46. The molecular formula is C13H18O3. The lowest BCUT2D eigenvalue weighted by Crippen LogP contribution is -2.08. The summed E-state index contributed by atoms with van der Waals surface area (Å²) in [6.45, 7) is 4.50. The third-order valence-electron chi connectivity index (χ3n) is 2.11. The molecule has 0 aromatic heterocycles. The number of benzene rings is 1. The molecule has 0 radical (unpaired) electrons. The summed E-state index contributed by atoms with van der Waals surface area (Å²) in [4.78, 5) is 11.5. The Morgan fingerprint density at radius 2 is 1.88 bits per heavy atom. The Hall–Kier alpha value is -1.51. The van der Waals surface area contributed by atoms with Crippen molar-refractivity contribution >= 4 is 5.97 Å².